The number of aromatic nitrogens is 2. The molecule has 1 heterocycles. The van der Waals surface area contributed by atoms with Crippen LogP contribution in [0.2, 0.25) is 5.02 Å². The van der Waals surface area contributed by atoms with Crippen LogP contribution in [0.5, 0.6) is 0 Å². The molecule has 1 atom stereocenters. The van der Waals surface area contributed by atoms with E-state index in [1.165, 1.54) is 6.20 Å². The molecule has 0 aliphatic heterocycles. The Morgan fingerprint density at radius 1 is 1.53 bits per heavy atom. The Morgan fingerprint density at radius 3 is 2.74 bits per heavy atom. The van der Waals surface area contributed by atoms with E-state index in [1.54, 1.807) is 18.8 Å². The van der Waals surface area contributed by atoms with Crippen LogP contribution in [0.15, 0.2) is 6.20 Å². The van der Waals surface area contributed by atoms with Gasteiger partial charge in [-0.15, -0.1) is 0 Å². The van der Waals surface area contributed by atoms with Crippen LogP contribution in [0.1, 0.15) is 24.6 Å². The maximum absolute atomic E-state index is 12.3. The molecule has 0 radical (unpaired) electrons. The average molecular weight is 300 g/mol. The molecule has 1 aromatic heterocycles. The molecule has 0 bridgehead atoms. The van der Waals surface area contributed by atoms with Crippen molar-refractivity contribution < 1.29 is 17.9 Å². The summed E-state index contributed by atoms with van der Waals surface area (Å²) in [6.07, 6.45) is -3.70. The monoisotopic (exact) mass is 299 g/mol. The maximum Gasteiger partial charge on any atom is 0.389 e. The van der Waals surface area contributed by atoms with Crippen molar-refractivity contribution in [2.24, 2.45) is 0 Å². The average Bonchev–Trinajstić information content (AvgIpc) is 2.68. The van der Waals surface area contributed by atoms with Crippen molar-refractivity contribution in [2.45, 2.75) is 31.6 Å². The lowest BCUT2D eigenvalue weighted by Crippen LogP contribution is -2.24. The smallest absolute Gasteiger partial charge is 0.383 e. The molecule has 0 aliphatic rings. The molecular weight excluding hydrogens is 283 g/mol. The summed E-state index contributed by atoms with van der Waals surface area (Å²) in [5.74, 6) is 0. The number of nitrogens with one attached hydrogen (secondary N) is 1. The van der Waals surface area contributed by atoms with Gasteiger partial charge < -0.3 is 10.1 Å². The van der Waals surface area contributed by atoms with Gasteiger partial charge in [-0.05, 0) is 13.5 Å². The Balaban J connectivity index is 2.81. The molecule has 0 aliphatic carbocycles. The summed E-state index contributed by atoms with van der Waals surface area (Å²) < 4.78 is 43.4. The summed E-state index contributed by atoms with van der Waals surface area (Å²) in [6, 6.07) is -0.492. The lowest BCUT2D eigenvalue weighted by Gasteiger charge is -2.19. The summed E-state index contributed by atoms with van der Waals surface area (Å²) in [4.78, 5) is 0. The normalized spacial score (nSPS) is 13.8. The van der Waals surface area contributed by atoms with E-state index in [2.05, 4.69) is 10.4 Å². The van der Waals surface area contributed by atoms with Gasteiger partial charge in [-0.1, -0.05) is 11.6 Å². The van der Waals surface area contributed by atoms with Gasteiger partial charge in [0.15, 0.2) is 0 Å². The predicted octanol–water partition coefficient (Wildman–Crippen LogP) is 2.79. The minimum atomic E-state index is -4.18. The van der Waals surface area contributed by atoms with E-state index in [1.807, 2.05) is 0 Å². The summed E-state index contributed by atoms with van der Waals surface area (Å²) in [5, 5.41) is 7.26. The van der Waals surface area contributed by atoms with Gasteiger partial charge in [0.1, 0.15) is 0 Å². The van der Waals surface area contributed by atoms with Crippen LogP contribution in [0.3, 0.4) is 0 Å². The van der Waals surface area contributed by atoms with Crippen molar-refractivity contribution in [3.05, 3.63) is 16.9 Å². The van der Waals surface area contributed by atoms with Crippen LogP contribution in [0.25, 0.3) is 0 Å². The van der Waals surface area contributed by atoms with E-state index in [0.29, 0.717) is 23.9 Å². The van der Waals surface area contributed by atoms with Crippen molar-refractivity contribution in [3.8, 4) is 0 Å². The fourth-order valence-corrected chi connectivity index (χ4v) is 2.07. The van der Waals surface area contributed by atoms with Crippen LogP contribution in [0, 0.1) is 0 Å². The molecule has 0 fully saturated rings. The van der Waals surface area contributed by atoms with Gasteiger partial charge in [-0.2, -0.15) is 18.3 Å². The standard InChI is InChI=1S/C11H17ClF3N3O/c1-16-9(3-4-11(13,14)15)10-8(12)7-17-18(10)5-6-19-2/h7,9,16H,3-6H2,1-2H3. The lowest BCUT2D eigenvalue weighted by atomic mass is 10.1. The highest BCUT2D eigenvalue weighted by molar-refractivity contribution is 6.31. The first-order chi connectivity index (χ1) is 8.89. The third kappa shape index (κ3) is 5.00. The van der Waals surface area contributed by atoms with Crippen LogP contribution in [-0.4, -0.2) is 36.7 Å². The van der Waals surface area contributed by atoms with Crippen molar-refractivity contribution in [1.29, 1.82) is 0 Å². The predicted molar refractivity (Wildman–Crippen MR) is 66.2 cm³/mol. The Labute approximate surface area is 114 Å². The molecule has 4 nitrogen and oxygen atoms in total. The molecule has 1 aromatic rings. The highest BCUT2D eigenvalue weighted by Crippen LogP contribution is 2.30. The zero-order chi connectivity index (χ0) is 14.5. The number of nitrogens with zero attached hydrogens (tertiary/aromatic N) is 2. The molecule has 0 spiro atoms. The van der Waals surface area contributed by atoms with E-state index in [4.69, 9.17) is 16.3 Å². The van der Waals surface area contributed by atoms with Gasteiger partial charge >= 0.3 is 6.18 Å². The number of methoxy groups -OCH3 is 1. The minimum Gasteiger partial charge on any atom is -0.383 e. The Kier molecular flexibility index (Phi) is 6.09. The highest BCUT2D eigenvalue weighted by Gasteiger charge is 2.30. The Hall–Kier alpha value is -0.790. The zero-order valence-electron chi connectivity index (χ0n) is 10.8. The van der Waals surface area contributed by atoms with Crippen LogP contribution in [0.4, 0.5) is 13.2 Å². The second-order valence-electron chi connectivity index (χ2n) is 4.09. The number of halogens is 4. The Bertz CT molecular complexity index is 395. The molecule has 1 N–H and O–H groups in total. The number of hydrogen-bond donors (Lipinski definition) is 1. The highest BCUT2D eigenvalue weighted by atomic mass is 35.5. The molecule has 8 heteroatoms. The van der Waals surface area contributed by atoms with Gasteiger partial charge in [0.2, 0.25) is 0 Å². The molecule has 0 saturated heterocycles. The molecule has 0 saturated carbocycles. The molecule has 1 rings (SSSR count). The second kappa shape index (κ2) is 7.12. The summed E-state index contributed by atoms with van der Waals surface area (Å²) in [5.41, 5.74) is 0.561. The third-order valence-electron chi connectivity index (χ3n) is 2.74. The summed E-state index contributed by atoms with van der Waals surface area (Å²) >= 11 is 6.00. The van der Waals surface area contributed by atoms with Crippen LogP contribution < -0.4 is 5.32 Å². The van der Waals surface area contributed by atoms with Gasteiger partial charge in [0.05, 0.1) is 36.1 Å². The van der Waals surface area contributed by atoms with Crippen molar-refractivity contribution in [3.63, 3.8) is 0 Å². The maximum atomic E-state index is 12.3. The second-order valence-corrected chi connectivity index (χ2v) is 4.50. The van der Waals surface area contributed by atoms with Crippen molar-refractivity contribution in [2.75, 3.05) is 20.8 Å². The van der Waals surface area contributed by atoms with Gasteiger partial charge in [-0.25, -0.2) is 0 Å². The lowest BCUT2D eigenvalue weighted by molar-refractivity contribution is -0.136. The van der Waals surface area contributed by atoms with Gasteiger partial charge in [0.25, 0.3) is 0 Å². The van der Waals surface area contributed by atoms with Crippen LogP contribution in [-0.2, 0) is 11.3 Å². The first kappa shape index (κ1) is 16.3. The largest absolute Gasteiger partial charge is 0.389 e. The summed E-state index contributed by atoms with van der Waals surface area (Å²) in [6.45, 7) is 0.865. The fourth-order valence-electron chi connectivity index (χ4n) is 1.80. The van der Waals surface area contributed by atoms with E-state index in [-0.39, 0.29) is 6.42 Å². The van der Waals surface area contributed by atoms with Crippen molar-refractivity contribution >= 4 is 11.6 Å². The molecular formula is C11H17ClF3N3O. The molecule has 0 amide bonds. The Morgan fingerprint density at radius 2 is 2.21 bits per heavy atom. The molecule has 0 aromatic carbocycles. The first-order valence-corrected chi connectivity index (χ1v) is 6.21. The number of rotatable bonds is 7. The number of hydrogen-bond acceptors (Lipinski definition) is 3. The third-order valence-corrected chi connectivity index (χ3v) is 3.03. The number of ether oxygens (including phenoxy) is 1. The van der Waals surface area contributed by atoms with Gasteiger partial charge in [-0.3, -0.25) is 4.68 Å². The molecule has 1 unspecified atom stereocenters. The van der Waals surface area contributed by atoms with E-state index >= 15 is 0 Å². The quantitative estimate of drug-likeness (QED) is 0.841. The molecule has 110 valence electrons. The first-order valence-electron chi connectivity index (χ1n) is 5.83. The fraction of sp³-hybridized carbons (Fsp3) is 0.727. The summed E-state index contributed by atoms with van der Waals surface area (Å²) in [7, 11) is 3.15. The number of alkyl halides is 3. The van der Waals surface area contributed by atoms with Gasteiger partial charge in [0, 0.05) is 13.5 Å². The van der Waals surface area contributed by atoms with E-state index in [9.17, 15) is 13.2 Å². The van der Waals surface area contributed by atoms with Crippen molar-refractivity contribution in [1.82, 2.24) is 15.1 Å². The SMILES string of the molecule is CNC(CCC(F)(F)F)c1c(Cl)cnn1CCOC. The minimum absolute atomic E-state index is 0.0849. The zero-order valence-corrected chi connectivity index (χ0v) is 11.6. The molecule has 19 heavy (non-hydrogen) atoms. The van der Waals surface area contributed by atoms with E-state index < -0.39 is 18.6 Å². The van der Waals surface area contributed by atoms with Crippen LogP contribution >= 0.6 is 11.6 Å². The van der Waals surface area contributed by atoms with E-state index in [0.717, 1.165) is 0 Å². The topological polar surface area (TPSA) is 39.1 Å².